The predicted molar refractivity (Wildman–Crippen MR) is 243 cm³/mol. The van der Waals surface area contributed by atoms with E-state index in [1.807, 2.05) is 23.5 Å². The maximum absolute atomic E-state index is 6.69. The zero-order chi connectivity index (χ0) is 37.6. The molecule has 0 amide bonds. The Balaban J connectivity index is 1.15. The smallest absolute Gasteiger partial charge is 0.238 e. The summed E-state index contributed by atoms with van der Waals surface area (Å²) in [6, 6.07) is 58.8. The minimum atomic E-state index is 0.568. The van der Waals surface area contributed by atoms with Gasteiger partial charge in [0, 0.05) is 59.0 Å². The van der Waals surface area contributed by atoms with E-state index >= 15 is 0 Å². The van der Waals surface area contributed by atoms with Crippen LogP contribution in [0.4, 0.5) is 0 Å². The van der Waals surface area contributed by atoms with Crippen LogP contribution in [0.2, 0.25) is 0 Å². The monoisotopic (exact) mass is 756 g/mol. The second kappa shape index (κ2) is 11.1. The highest BCUT2D eigenvalue weighted by molar-refractivity contribution is 7.26. The van der Waals surface area contributed by atoms with Gasteiger partial charge in [0.2, 0.25) is 11.7 Å². The highest BCUT2D eigenvalue weighted by atomic mass is 32.1. The quantitative estimate of drug-likeness (QED) is 0.183. The topological polar surface area (TPSA) is 59.6 Å². The molecule has 14 rings (SSSR count). The van der Waals surface area contributed by atoms with Crippen LogP contribution in [0.15, 0.2) is 168 Å². The molecule has 0 spiro atoms. The zero-order valence-corrected chi connectivity index (χ0v) is 31.6. The first-order valence-electron chi connectivity index (χ1n) is 19.6. The molecule has 0 atom stereocenters. The summed E-state index contributed by atoms with van der Waals surface area (Å²) in [6.07, 6.45) is 0. The Morgan fingerprint density at radius 1 is 0.466 bits per heavy atom. The normalized spacial score (nSPS) is 12.5. The SMILES string of the molecule is c1ccc(-c2ccc3cc(-c4nc(-n5c6c7sc8ccccc8c7cc7ccc8cc9[nH]c%10ccccc%10c9c5c8c76)nc5oc6ccccc6c45)ccc3c2)cc1. The van der Waals surface area contributed by atoms with Crippen LogP contribution in [0, 0.1) is 0 Å². The molecule has 5 heterocycles. The van der Waals surface area contributed by atoms with Gasteiger partial charge in [-0.1, -0.05) is 121 Å². The lowest BCUT2D eigenvalue weighted by Crippen LogP contribution is -2.03. The highest BCUT2D eigenvalue weighted by Crippen LogP contribution is 2.50. The fourth-order valence-corrected chi connectivity index (χ4v) is 10.9. The molecular formula is C52H28N4OS. The Morgan fingerprint density at radius 3 is 2.03 bits per heavy atom. The number of H-pyrrole nitrogens is 1. The van der Waals surface area contributed by atoms with Gasteiger partial charge in [0.15, 0.2) is 0 Å². The third kappa shape index (κ3) is 4.04. The molecule has 0 aliphatic rings. The molecule has 0 aliphatic heterocycles. The number of fused-ring (bicyclic) bond motifs is 12. The fraction of sp³-hybridized carbons (Fsp3) is 0. The summed E-state index contributed by atoms with van der Waals surface area (Å²) in [5, 5.41) is 13.9. The van der Waals surface area contributed by atoms with E-state index in [4.69, 9.17) is 14.4 Å². The van der Waals surface area contributed by atoms with Crippen molar-refractivity contribution in [3.05, 3.63) is 164 Å². The molecule has 0 bridgehead atoms. The first kappa shape index (κ1) is 30.7. The van der Waals surface area contributed by atoms with Gasteiger partial charge >= 0.3 is 0 Å². The number of hydrogen-bond acceptors (Lipinski definition) is 4. The van der Waals surface area contributed by atoms with Crippen LogP contribution >= 0.6 is 11.3 Å². The highest BCUT2D eigenvalue weighted by Gasteiger charge is 2.27. The first-order valence-corrected chi connectivity index (χ1v) is 20.4. The maximum Gasteiger partial charge on any atom is 0.238 e. The van der Waals surface area contributed by atoms with Gasteiger partial charge < -0.3 is 9.40 Å². The van der Waals surface area contributed by atoms with E-state index in [2.05, 4.69) is 161 Å². The number of nitrogens with zero attached hydrogens (tertiary/aromatic N) is 3. The number of para-hydroxylation sites is 2. The van der Waals surface area contributed by atoms with Crippen LogP contribution in [0.1, 0.15) is 0 Å². The number of hydrogen-bond donors (Lipinski definition) is 1. The largest absolute Gasteiger partial charge is 0.437 e. The van der Waals surface area contributed by atoms with E-state index in [0.29, 0.717) is 11.7 Å². The Labute approximate surface area is 333 Å². The Kier molecular flexibility index (Phi) is 5.85. The molecule has 0 fully saturated rings. The van der Waals surface area contributed by atoms with Crippen LogP contribution in [-0.4, -0.2) is 19.5 Å². The van der Waals surface area contributed by atoms with Crippen molar-refractivity contribution in [2.45, 2.75) is 0 Å². The van der Waals surface area contributed by atoms with Crippen LogP contribution in [-0.2, 0) is 0 Å². The van der Waals surface area contributed by atoms with Gasteiger partial charge in [-0.15, -0.1) is 11.3 Å². The van der Waals surface area contributed by atoms with E-state index < -0.39 is 0 Å². The van der Waals surface area contributed by atoms with Crippen LogP contribution < -0.4 is 0 Å². The third-order valence-electron chi connectivity index (χ3n) is 12.3. The summed E-state index contributed by atoms with van der Waals surface area (Å²) < 4.78 is 11.5. The lowest BCUT2D eigenvalue weighted by atomic mass is 9.98. The second-order valence-electron chi connectivity index (χ2n) is 15.4. The number of benzene rings is 9. The average molecular weight is 757 g/mol. The number of rotatable bonds is 3. The molecule has 0 unspecified atom stereocenters. The molecule has 268 valence electrons. The third-order valence-corrected chi connectivity index (χ3v) is 13.5. The van der Waals surface area contributed by atoms with Gasteiger partial charge in [0.1, 0.15) is 5.58 Å². The Bertz CT molecular complexity index is 4040. The van der Waals surface area contributed by atoms with E-state index in [1.165, 1.54) is 63.6 Å². The Hall–Kier alpha value is -7.54. The van der Waals surface area contributed by atoms with Crippen molar-refractivity contribution in [1.29, 1.82) is 0 Å². The summed E-state index contributed by atoms with van der Waals surface area (Å²) in [7, 11) is 0. The molecule has 0 aliphatic carbocycles. The van der Waals surface area contributed by atoms with Crippen LogP contribution in [0.5, 0.6) is 0 Å². The maximum atomic E-state index is 6.69. The lowest BCUT2D eigenvalue weighted by molar-refractivity contribution is 0.651. The van der Waals surface area contributed by atoms with Crippen LogP contribution in [0.25, 0.3) is 136 Å². The number of aromatic amines is 1. The molecule has 0 saturated carbocycles. The van der Waals surface area contributed by atoms with Gasteiger partial charge in [-0.25, -0.2) is 4.98 Å². The summed E-state index contributed by atoms with van der Waals surface area (Å²) in [5.74, 6) is 0.586. The van der Waals surface area contributed by atoms with Gasteiger partial charge in [-0.05, 0) is 75.1 Å². The zero-order valence-electron chi connectivity index (χ0n) is 30.7. The Morgan fingerprint density at radius 2 is 1.16 bits per heavy atom. The molecule has 5 aromatic heterocycles. The van der Waals surface area contributed by atoms with Crippen molar-refractivity contribution in [1.82, 2.24) is 19.5 Å². The summed E-state index contributed by atoms with van der Waals surface area (Å²) in [6.45, 7) is 0. The predicted octanol–water partition coefficient (Wildman–Crippen LogP) is 14.6. The van der Waals surface area contributed by atoms with E-state index in [0.717, 1.165) is 60.5 Å². The van der Waals surface area contributed by atoms with Gasteiger partial charge in [0.25, 0.3) is 0 Å². The molecule has 5 nitrogen and oxygen atoms in total. The van der Waals surface area contributed by atoms with Crippen LogP contribution in [0.3, 0.4) is 0 Å². The summed E-state index contributed by atoms with van der Waals surface area (Å²) in [4.78, 5) is 14.9. The minimum Gasteiger partial charge on any atom is -0.437 e. The lowest BCUT2D eigenvalue weighted by Gasteiger charge is -2.12. The van der Waals surface area contributed by atoms with Crippen molar-refractivity contribution in [3.8, 4) is 28.3 Å². The number of furan rings is 1. The molecule has 0 radical (unpaired) electrons. The van der Waals surface area contributed by atoms with Crippen molar-refractivity contribution in [2.24, 2.45) is 0 Å². The molecule has 1 N–H and O–H groups in total. The molecule has 58 heavy (non-hydrogen) atoms. The first-order chi connectivity index (χ1) is 28.7. The molecular weight excluding hydrogens is 729 g/mol. The number of nitrogens with one attached hydrogen (secondary N) is 1. The number of thiophene rings is 1. The summed E-state index contributed by atoms with van der Waals surface area (Å²) >= 11 is 1.84. The minimum absolute atomic E-state index is 0.568. The fourth-order valence-electron chi connectivity index (χ4n) is 9.72. The van der Waals surface area contributed by atoms with Gasteiger partial charge in [0.05, 0.1) is 26.8 Å². The summed E-state index contributed by atoms with van der Waals surface area (Å²) in [5.41, 5.74) is 10.0. The van der Waals surface area contributed by atoms with E-state index in [-0.39, 0.29) is 0 Å². The number of aromatic nitrogens is 4. The van der Waals surface area contributed by atoms with E-state index in [1.54, 1.807) is 0 Å². The van der Waals surface area contributed by atoms with Crippen molar-refractivity contribution in [3.63, 3.8) is 0 Å². The van der Waals surface area contributed by atoms with Crippen molar-refractivity contribution >= 4 is 119 Å². The molecule has 9 aromatic carbocycles. The molecule has 14 aromatic rings. The van der Waals surface area contributed by atoms with Crippen molar-refractivity contribution < 1.29 is 4.42 Å². The molecule has 6 heteroatoms. The average Bonchev–Trinajstić information content (AvgIpc) is 4.04. The van der Waals surface area contributed by atoms with Gasteiger partial charge in [-0.3, -0.25) is 4.57 Å². The van der Waals surface area contributed by atoms with Gasteiger partial charge in [-0.2, -0.15) is 4.98 Å². The molecule has 0 saturated heterocycles. The standard InChI is InChI=1S/C52H28N4OS/c1-2-10-28(11-3-1)29-18-19-31-25-34(23-20-30(31)24-29)47-46-37-14-5-8-16-41(37)57-51(46)55-52(54-47)56-48-43-33(27-40-45(48)36-13-4-7-15-39(36)53-40)22-21-32-26-38-35-12-6-9-17-42(35)58-50(38)49(56)44(32)43/h1-27,53H. The second-order valence-corrected chi connectivity index (χ2v) is 16.5. The van der Waals surface area contributed by atoms with E-state index in [9.17, 15) is 0 Å². The van der Waals surface area contributed by atoms with Crippen molar-refractivity contribution in [2.75, 3.05) is 0 Å².